The highest BCUT2D eigenvalue weighted by atomic mass is 16.3. The quantitative estimate of drug-likeness (QED) is 0.713. The fourth-order valence-electron chi connectivity index (χ4n) is 1.09. The van der Waals surface area contributed by atoms with E-state index < -0.39 is 0 Å². The summed E-state index contributed by atoms with van der Waals surface area (Å²) in [4.78, 5) is 4.15. The maximum absolute atomic E-state index is 5.39. The molecule has 13 heavy (non-hydrogen) atoms. The standard InChI is InChI=1S/C8H10N4O/c1-5-2-3-13-7(5)8-10-6(4-9)11-12-8/h2-3H,4,9H2,1H3,(H,10,11,12). The molecule has 2 rings (SSSR count). The van der Waals surface area contributed by atoms with Gasteiger partial charge in [0, 0.05) is 0 Å². The molecule has 2 aromatic heterocycles. The number of aromatic nitrogens is 3. The number of hydrogen-bond donors (Lipinski definition) is 2. The number of nitrogens with one attached hydrogen (secondary N) is 1. The molecule has 5 heteroatoms. The van der Waals surface area contributed by atoms with Crippen molar-refractivity contribution < 1.29 is 4.42 Å². The third-order valence-corrected chi connectivity index (χ3v) is 1.79. The minimum absolute atomic E-state index is 0.354. The van der Waals surface area contributed by atoms with E-state index in [0.717, 1.165) is 5.56 Å². The van der Waals surface area contributed by atoms with E-state index >= 15 is 0 Å². The summed E-state index contributed by atoms with van der Waals surface area (Å²) in [6.07, 6.45) is 1.61. The Kier molecular flexibility index (Phi) is 1.86. The van der Waals surface area contributed by atoms with Gasteiger partial charge < -0.3 is 10.2 Å². The lowest BCUT2D eigenvalue weighted by molar-refractivity contribution is 0.576. The van der Waals surface area contributed by atoms with E-state index in [1.54, 1.807) is 6.26 Å². The van der Waals surface area contributed by atoms with Crippen LogP contribution in [0.5, 0.6) is 0 Å². The van der Waals surface area contributed by atoms with Crippen LogP contribution in [0.1, 0.15) is 11.4 Å². The van der Waals surface area contributed by atoms with Crippen LogP contribution in [0.3, 0.4) is 0 Å². The zero-order valence-corrected chi connectivity index (χ0v) is 7.24. The maximum atomic E-state index is 5.39. The SMILES string of the molecule is Cc1ccoc1-c1n[nH]c(CN)n1. The normalized spacial score (nSPS) is 10.6. The van der Waals surface area contributed by atoms with Crippen LogP contribution >= 0.6 is 0 Å². The highest BCUT2D eigenvalue weighted by Gasteiger charge is 2.10. The van der Waals surface area contributed by atoms with Crippen LogP contribution in [0.2, 0.25) is 0 Å². The van der Waals surface area contributed by atoms with Crippen molar-refractivity contribution in [3.8, 4) is 11.6 Å². The Hall–Kier alpha value is -1.62. The second-order valence-corrected chi connectivity index (χ2v) is 2.74. The largest absolute Gasteiger partial charge is 0.461 e. The van der Waals surface area contributed by atoms with Crippen molar-refractivity contribution >= 4 is 0 Å². The average molecular weight is 178 g/mol. The Morgan fingerprint density at radius 3 is 3.00 bits per heavy atom. The first-order valence-corrected chi connectivity index (χ1v) is 3.97. The predicted octanol–water partition coefficient (Wildman–Crippen LogP) is 0.832. The molecule has 0 amide bonds. The smallest absolute Gasteiger partial charge is 0.217 e. The zero-order chi connectivity index (χ0) is 9.26. The Balaban J connectivity index is 2.41. The van der Waals surface area contributed by atoms with Crippen LogP contribution in [0.4, 0.5) is 0 Å². The number of aryl methyl sites for hydroxylation is 1. The van der Waals surface area contributed by atoms with E-state index in [1.807, 2.05) is 13.0 Å². The second-order valence-electron chi connectivity index (χ2n) is 2.74. The molecule has 2 heterocycles. The summed E-state index contributed by atoms with van der Waals surface area (Å²) in [6, 6.07) is 1.87. The summed E-state index contributed by atoms with van der Waals surface area (Å²) in [7, 11) is 0. The fourth-order valence-corrected chi connectivity index (χ4v) is 1.09. The first kappa shape index (κ1) is 8.00. The summed E-state index contributed by atoms with van der Waals surface area (Å²) in [5, 5.41) is 6.71. The van der Waals surface area contributed by atoms with Crippen molar-refractivity contribution in [2.24, 2.45) is 5.73 Å². The van der Waals surface area contributed by atoms with Crippen LogP contribution in [-0.2, 0) is 6.54 Å². The Labute approximate surface area is 75.0 Å². The third kappa shape index (κ3) is 1.33. The number of furan rings is 1. The molecule has 0 unspecified atom stereocenters. The van der Waals surface area contributed by atoms with Gasteiger partial charge in [0.15, 0.2) is 5.76 Å². The van der Waals surface area contributed by atoms with Gasteiger partial charge in [-0.15, -0.1) is 5.10 Å². The predicted molar refractivity (Wildman–Crippen MR) is 46.7 cm³/mol. The van der Waals surface area contributed by atoms with Gasteiger partial charge in [-0.2, -0.15) is 0 Å². The van der Waals surface area contributed by atoms with Gasteiger partial charge in [-0.3, -0.25) is 5.10 Å². The van der Waals surface area contributed by atoms with Gasteiger partial charge in [-0.25, -0.2) is 4.98 Å². The van der Waals surface area contributed by atoms with Gasteiger partial charge in [0.25, 0.3) is 0 Å². The fraction of sp³-hybridized carbons (Fsp3) is 0.250. The van der Waals surface area contributed by atoms with Gasteiger partial charge in [-0.05, 0) is 18.6 Å². The van der Waals surface area contributed by atoms with Crippen molar-refractivity contribution in [3.63, 3.8) is 0 Å². The summed E-state index contributed by atoms with van der Waals surface area (Å²) in [5.41, 5.74) is 6.41. The van der Waals surface area contributed by atoms with E-state index in [1.165, 1.54) is 0 Å². The average Bonchev–Trinajstić information content (AvgIpc) is 2.71. The van der Waals surface area contributed by atoms with Crippen molar-refractivity contribution in [2.45, 2.75) is 13.5 Å². The molecule has 68 valence electrons. The lowest BCUT2D eigenvalue weighted by atomic mass is 10.3. The summed E-state index contributed by atoms with van der Waals surface area (Å²) in [5.74, 6) is 1.91. The molecule has 5 nitrogen and oxygen atoms in total. The van der Waals surface area contributed by atoms with E-state index in [4.69, 9.17) is 10.2 Å². The lowest BCUT2D eigenvalue weighted by Gasteiger charge is -1.88. The van der Waals surface area contributed by atoms with Crippen molar-refractivity contribution in [2.75, 3.05) is 0 Å². The molecule has 2 aromatic rings. The molecule has 0 aliphatic rings. The number of nitrogens with zero attached hydrogens (tertiary/aromatic N) is 2. The Bertz CT molecular complexity index is 404. The van der Waals surface area contributed by atoms with Crippen LogP contribution in [0.15, 0.2) is 16.7 Å². The van der Waals surface area contributed by atoms with E-state index in [9.17, 15) is 0 Å². The highest BCUT2D eigenvalue weighted by molar-refractivity contribution is 5.51. The molecule has 0 aliphatic carbocycles. The van der Waals surface area contributed by atoms with E-state index in [-0.39, 0.29) is 0 Å². The second kappa shape index (κ2) is 3.02. The van der Waals surface area contributed by atoms with Gasteiger partial charge in [-0.1, -0.05) is 0 Å². The number of hydrogen-bond acceptors (Lipinski definition) is 4. The molecular weight excluding hydrogens is 168 g/mol. The molecule has 0 saturated heterocycles. The number of nitrogens with two attached hydrogens (primary N) is 1. The molecule has 0 aromatic carbocycles. The van der Waals surface area contributed by atoms with E-state index in [0.29, 0.717) is 24.0 Å². The van der Waals surface area contributed by atoms with Crippen LogP contribution in [0.25, 0.3) is 11.6 Å². The summed E-state index contributed by atoms with van der Waals surface area (Å²) in [6.45, 7) is 2.30. The van der Waals surface area contributed by atoms with Gasteiger partial charge in [0.1, 0.15) is 5.82 Å². The third-order valence-electron chi connectivity index (χ3n) is 1.79. The number of H-pyrrole nitrogens is 1. The molecule has 0 fully saturated rings. The molecule has 0 saturated carbocycles. The highest BCUT2D eigenvalue weighted by Crippen LogP contribution is 2.19. The topological polar surface area (TPSA) is 80.7 Å². The van der Waals surface area contributed by atoms with Crippen LogP contribution < -0.4 is 5.73 Å². The summed E-state index contributed by atoms with van der Waals surface area (Å²) < 4.78 is 5.22. The van der Waals surface area contributed by atoms with Crippen molar-refractivity contribution in [1.82, 2.24) is 15.2 Å². The monoisotopic (exact) mass is 178 g/mol. The molecule has 3 N–H and O–H groups in total. The van der Waals surface area contributed by atoms with Crippen LogP contribution in [-0.4, -0.2) is 15.2 Å². The Morgan fingerprint density at radius 2 is 2.46 bits per heavy atom. The minimum atomic E-state index is 0.354. The van der Waals surface area contributed by atoms with Crippen molar-refractivity contribution in [3.05, 3.63) is 23.7 Å². The minimum Gasteiger partial charge on any atom is -0.461 e. The summed E-state index contributed by atoms with van der Waals surface area (Å²) >= 11 is 0. The Morgan fingerprint density at radius 1 is 1.62 bits per heavy atom. The first-order chi connectivity index (χ1) is 6.31. The molecule has 0 aliphatic heterocycles. The molecule has 0 atom stereocenters. The number of rotatable bonds is 2. The number of aromatic amines is 1. The van der Waals surface area contributed by atoms with Crippen molar-refractivity contribution in [1.29, 1.82) is 0 Å². The lowest BCUT2D eigenvalue weighted by Crippen LogP contribution is -1.97. The van der Waals surface area contributed by atoms with Gasteiger partial charge in [0.2, 0.25) is 5.82 Å². The zero-order valence-electron chi connectivity index (χ0n) is 7.24. The van der Waals surface area contributed by atoms with Gasteiger partial charge in [0.05, 0.1) is 12.8 Å². The van der Waals surface area contributed by atoms with Crippen LogP contribution in [0, 0.1) is 6.92 Å². The van der Waals surface area contributed by atoms with E-state index in [2.05, 4.69) is 15.2 Å². The molecule has 0 radical (unpaired) electrons. The first-order valence-electron chi connectivity index (χ1n) is 3.97. The molecule has 0 bridgehead atoms. The molecular formula is C8H10N4O. The maximum Gasteiger partial charge on any atom is 0.217 e. The van der Waals surface area contributed by atoms with Gasteiger partial charge >= 0.3 is 0 Å². The molecule has 0 spiro atoms.